The van der Waals surface area contributed by atoms with Crippen molar-refractivity contribution in [3.8, 4) is 0 Å². The van der Waals surface area contributed by atoms with Gasteiger partial charge >= 0.3 is 0 Å². The van der Waals surface area contributed by atoms with Gasteiger partial charge < -0.3 is 14.7 Å². The van der Waals surface area contributed by atoms with E-state index in [1.165, 1.54) is 32.1 Å². The molecule has 0 aromatic rings. The highest BCUT2D eigenvalue weighted by atomic mass is 16.5. The average Bonchev–Trinajstić information content (AvgIpc) is 2.99. The maximum absolute atomic E-state index is 10.2. The molecule has 3 heteroatoms. The van der Waals surface area contributed by atoms with E-state index in [1.807, 2.05) is 0 Å². The normalized spacial score (nSPS) is 41.6. The van der Waals surface area contributed by atoms with Crippen LogP contribution in [-0.2, 0) is 4.74 Å². The quantitative estimate of drug-likeness (QED) is 0.818. The van der Waals surface area contributed by atoms with Crippen LogP contribution in [0.25, 0.3) is 0 Å². The Morgan fingerprint density at radius 1 is 1.10 bits per heavy atom. The lowest BCUT2D eigenvalue weighted by Crippen LogP contribution is -2.43. The summed E-state index contributed by atoms with van der Waals surface area (Å²) in [4.78, 5) is 2.42. The number of hydrogen-bond donors (Lipinski definition) is 1. The van der Waals surface area contributed by atoms with Gasteiger partial charge in [-0.25, -0.2) is 0 Å². The molecule has 6 unspecified atom stereocenters. The van der Waals surface area contributed by atoms with Gasteiger partial charge in [0.25, 0.3) is 0 Å². The summed E-state index contributed by atoms with van der Waals surface area (Å²) in [5, 5.41) is 10.2. The number of hydrogen-bond acceptors (Lipinski definition) is 3. The van der Waals surface area contributed by atoms with Gasteiger partial charge in [0, 0.05) is 26.2 Å². The molecule has 1 N–H and O–H groups in total. The molecule has 3 aliphatic rings. The molecular formula is C18H33NO2. The van der Waals surface area contributed by atoms with Gasteiger partial charge in [-0.1, -0.05) is 20.3 Å². The Kier molecular flexibility index (Phi) is 5.23. The molecule has 3 rings (SSSR count). The van der Waals surface area contributed by atoms with Crippen molar-refractivity contribution in [2.75, 3.05) is 32.8 Å². The molecule has 1 saturated heterocycles. The van der Waals surface area contributed by atoms with Crippen LogP contribution >= 0.6 is 0 Å². The van der Waals surface area contributed by atoms with E-state index in [0.717, 1.165) is 55.8 Å². The first-order valence-electron chi connectivity index (χ1n) is 9.08. The third kappa shape index (κ3) is 4.20. The third-order valence-electron chi connectivity index (χ3n) is 5.94. The Balaban J connectivity index is 1.32. The van der Waals surface area contributed by atoms with Crippen LogP contribution in [0, 0.1) is 29.6 Å². The van der Waals surface area contributed by atoms with Crippen LogP contribution in [-0.4, -0.2) is 49.0 Å². The van der Waals surface area contributed by atoms with Crippen molar-refractivity contribution in [3.63, 3.8) is 0 Å². The van der Waals surface area contributed by atoms with Crippen molar-refractivity contribution in [2.24, 2.45) is 29.6 Å². The van der Waals surface area contributed by atoms with Crippen LogP contribution in [0.5, 0.6) is 0 Å². The predicted octanol–water partition coefficient (Wildman–Crippen LogP) is 2.78. The van der Waals surface area contributed by atoms with E-state index >= 15 is 0 Å². The minimum atomic E-state index is -0.318. The zero-order valence-electron chi connectivity index (χ0n) is 13.8. The Hall–Kier alpha value is -0.120. The lowest BCUT2D eigenvalue weighted by molar-refractivity contribution is -0.0105. The van der Waals surface area contributed by atoms with Gasteiger partial charge in [-0.15, -0.1) is 0 Å². The smallest absolute Gasteiger partial charge is 0.0900 e. The summed E-state index contributed by atoms with van der Waals surface area (Å²) in [6.45, 7) is 9.09. The number of fused-ring (bicyclic) bond motifs is 2. The second-order valence-electron chi connectivity index (χ2n) is 8.29. The topological polar surface area (TPSA) is 32.7 Å². The molecule has 1 aliphatic heterocycles. The molecule has 6 atom stereocenters. The molecule has 3 nitrogen and oxygen atoms in total. The fraction of sp³-hybridized carbons (Fsp3) is 1.00. The second kappa shape index (κ2) is 6.97. The van der Waals surface area contributed by atoms with Crippen LogP contribution in [0.4, 0.5) is 0 Å². The minimum absolute atomic E-state index is 0.318. The third-order valence-corrected chi connectivity index (χ3v) is 5.94. The Morgan fingerprint density at radius 3 is 2.48 bits per heavy atom. The average molecular weight is 295 g/mol. The van der Waals surface area contributed by atoms with Gasteiger partial charge in [-0.05, 0) is 55.3 Å². The van der Waals surface area contributed by atoms with Gasteiger partial charge in [-0.3, -0.25) is 0 Å². The number of rotatable bonds is 6. The molecule has 122 valence electrons. The summed E-state index contributed by atoms with van der Waals surface area (Å²) in [6.07, 6.45) is 6.70. The lowest BCUT2D eigenvalue weighted by atomic mass is 9.89. The van der Waals surface area contributed by atoms with E-state index in [9.17, 15) is 5.11 Å². The summed E-state index contributed by atoms with van der Waals surface area (Å²) < 4.78 is 5.85. The summed E-state index contributed by atoms with van der Waals surface area (Å²) in [6, 6.07) is 0. The van der Waals surface area contributed by atoms with Gasteiger partial charge in [0.1, 0.15) is 0 Å². The fourth-order valence-corrected chi connectivity index (χ4v) is 5.23. The Bertz CT molecular complexity index is 325. The molecule has 0 radical (unpaired) electrons. The molecule has 1 heterocycles. The van der Waals surface area contributed by atoms with Crippen molar-refractivity contribution in [3.05, 3.63) is 0 Å². The first-order chi connectivity index (χ1) is 10.1. The van der Waals surface area contributed by atoms with Crippen LogP contribution in [0.3, 0.4) is 0 Å². The van der Waals surface area contributed by atoms with Crippen molar-refractivity contribution in [1.82, 2.24) is 4.90 Å². The fourth-order valence-electron chi connectivity index (χ4n) is 5.23. The predicted molar refractivity (Wildman–Crippen MR) is 85.1 cm³/mol. The molecule has 2 saturated carbocycles. The summed E-state index contributed by atoms with van der Waals surface area (Å²) >= 11 is 0. The monoisotopic (exact) mass is 295 g/mol. The van der Waals surface area contributed by atoms with E-state index in [4.69, 9.17) is 4.74 Å². The molecule has 0 amide bonds. The molecule has 0 aromatic heterocycles. The van der Waals surface area contributed by atoms with E-state index < -0.39 is 0 Å². The van der Waals surface area contributed by atoms with E-state index in [1.54, 1.807) is 0 Å². The number of nitrogens with zero attached hydrogens (tertiary/aromatic N) is 1. The molecule has 21 heavy (non-hydrogen) atoms. The number of β-amino-alcohol motifs (C(OH)–C–C–N with tert-alkyl or cyclic N) is 1. The molecular weight excluding hydrogens is 262 g/mol. The number of piperidine rings is 1. The maximum Gasteiger partial charge on any atom is 0.0900 e. The summed E-state index contributed by atoms with van der Waals surface area (Å²) in [5.74, 6) is 4.22. The van der Waals surface area contributed by atoms with Gasteiger partial charge in [0.05, 0.1) is 12.7 Å². The van der Waals surface area contributed by atoms with Crippen LogP contribution in [0.2, 0.25) is 0 Å². The zero-order chi connectivity index (χ0) is 14.8. The first-order valence-corrected chi connectivity index (χ1v) is 9.08. The molecule has 2 aliphatic carbocycles. The highest BCUT2D eigenvalue weighted by Gasteiger charge is 2.39. The maximum atomic E-state index is 10.2. The van der Waals surface area contributed by atoms with Crippen LogP contribution in [0.15, 0.2) is 0 Å². The summed E-state index contributed by atoms with van der Waals surface area (Å²) in [7, 11) is 0. The van der Waals surface area contributed by atoms with Crippen molar-refractivity contribution in [2.45, 2.75) is 52.1 Å². The van der Waals surface area contributed by atoms with Crippen LogP contribution < -0.4 is 0 Å². The van der Waals surface area contributed by atoms with E-state index in [0.29, 0.717) is 6.61 Å². The second-order valence-corrected chi connectivity index (χ2v) is 8.29. The standard InChI is InChI=1S/C18H33NO2/c1-13-5-14(2)9-19(8-13)10-18(20)12-21-11-17-7-15-3-4-16(17)6-15/h13-18,20H,3-12H2,1-2H3. The highest BCUT2D eigenvalue weighted by Crippen LogP contribution is 2.48. The molecule has 0 aromatic carbocycles. The highest BCUT2D eigenvalue weighted by molar-refractivity contribution is 4.89. The number of aliphatic hydroxyl groups excluding tert-OH is 1. The van der Waals surface area contributed by atoms with Crippen molar-refractivity contribution >= 4 is 0 Å². The Morgan fingerprint density at radius 2 is 1.86 bits per heavy atom. The first kappa shape index (κ1) is 15.8. The van der Waals surface area contributed by atoms with Crippen molar-refractivity contribution in [1.29, 1.82) is 0 Å². The largest absolute Gasteiger partial charge is 0.389 e. The Labute approximate surface area is 130 Å². The van der Waals surface area contributed by atoms with Crippen LogP contribution in [0.1, 0.15) is 46.0 Å². The van der Waals surface area contributed by atoms with Gasteiger partial charge in [0.2, 0.25) is 0 Å². The summed E-state index contributed by atoms with van der Waals surface area (Å²) in [5.41, 5.74) is 0. The SMILES string of the molecule is CC1CC(C)CN(CC(O)COCC2CC3CCC2C3)C1. The molecule has 0 spiro atoms. The molecule has 3 fully saturated rings. The lowest BCUT2D eigenvalue weighted by Gasteiger charge is -2.36. The zero-order valence-corrected chi connectivity index (χ0v) is 13.8. The van der Waals surface area contributed by atoms with Crippen molar-refractivity contribution < 1.29 is 9.84 Å². The van der Waals surface area contributed by atoms with E-state index in [-0.39, 0.29) is 6.10 Å². The number of likely N-dealkylation sites (tertiary alicyclic amines) is 1. The molecule has 2 bridgehead atoms. The van der Waals surface area contributed by atoms with Gasteiger partial charge in [-0.2, -0.15) is 0 Å². The number of aliphatic hydroxyl groups is 1. The van der Waals surface area contributed by atoms with Gasteiger partial charge in [0.15, 0.2) is 0 Å². The van der Waals surface area contributed by atoms with E-state index in [2.05, 4.69) is 18.7 Å². The number of ether oxygens (including phenoxy) is 1. The minimum Gasteiger partial charge on any atom is -0.389 e.